The van der Waals surface area contributed by atoms with Crippen LogP contribution in [-0.4, -0.2) is 23.5 Å². The Hall–Kier alpha value is -2.24. The molecule has 35 heavy (non-hydrogen) atoms. The molecule has 1 aromatic carbocycles. The third-order valence-electron chi connectivity index (χ3n) is 6.25. The largest absolute Gasteiger partial charge is 0.508 e. The van der Waals surface area contributed by atoms with E-state index in [1.54, 1.807) is 24.3 Å². The van der Waals surface area contributed by atoms with Crippen molar-refractivity contribution in [2.45, 2.75) is 129 Å². The van der Waals surface area contributed by atoms with Crippen LogP contribution in [0.2, 0.25) is 0 Å². The number of aromatic hydroxyl groups is 1. The van der Waals surface area contributed by atoms with Crippen LogP contribution in [0.1, 0.15) is 129 Å². The summed E-state index contributed by atoms with van der Waals surface area (Å²) in [5.41, 5.74) is 5.09. The molecule has 0 aromatic heterocycles. The molecule has 200 valence electrons. The number of unbranched alkanes of at least 4 members (excludes halogenated alkanes) is 15. The van der Waals surface area contributed by atoms with Gasteiger partial charge in [0.15, 0.2) is 0 Å². The third kappa shape index (κ3) is 19.7. The zero-order valence-corrected chi connectivity index (χ0v) is 22.1. The molecule has 1 aromatic rings. The highest BCUT2D eigenvalue weighted by Crippen LogP contribution is 2.16. The number of rotatable bonds is 22. The van der Waals surface area contributed by atoms with Crippen LogP contribution in [0.5, 0.6) is 11.5 Å². The summed E-state index contributed by atoms with van der Waals surface area (Å²) in [6.45, 7) is 2.94. The first-order valence-electron chi connectivity index (χ1n) is 14.1. The Labute approximate surface area is 213 Å². The van der Waals surface area contributed by atoms with Crippen LogP contribution in [0.25, 0.3) is 0 Å². The number of carbonyl (C=O) groups excluding carboxylic acids is 2. The number of carbonyl (C=O) groups is 2. The number of hydrogen-bond acceptors (Lipinski definition) is 4. The molecule has 0 unspecified atom stereocenters. The van der Waals surface area contributed by atoms with Crippen molar-refractivity contribution in [1.29, 1.82) is 0 Å². The number of hydrogen-bond donors (Lipinski definition) is 3. The van der Waals surface area contributed by atoms with Gasteiger partial charge in [-0.15, -0.1) is 0 Å². The van der Waals surface area contributed by atoms with E-state index in [9.17, 15) is 14.7 Å². The highest BCUT2D eigenvalue weighted by molar-refractivity contribution is 5.81. The first-order valence-corrected chi connectivity index (χ1v) is 14.1. The first kappa shape index (κ1) is 30.8. The molecule has 0 aliphatic heterocycles. The standard InChI is InChI=1S/C29H50N2O4/c1-2-3-4-5-6-7-10-13-16-19-28(33)30-31-29(34)20-17-14-11-8-9-12-15-18-25-35-27-23-21-26(32)22-24-27/h21-24,32H,2-20,25H2,1H3,(H,30,33)(H,31,34). The van der Waals surface area contributed by atoms with E-state index in [0.29, 0.717) is 19.4 Å². The van der Waals surface area contributed by atoms with Crippen LogP contribution < -0.4 is 15.6 Å². The predicted molar refractivity (Wildman–Crippen MR) is 143 cm³/mol. The average molecular weight is 491 g/mol. The van der Waals surface area contributed by atoms with Gasteiger partial charge in [-0.2, -0.15) is 0 Å². The summed E-state index contributed by atoms with van der Waals surface area (Å²) in [4.78, 5) is 23.7. The number of amides is 2. The molecule has 0 saturated carbocycles. The maximum Gasteiger partial charge on any atom is 0.238 e. The van der Waals surface area contributed by atoms with E-state index in [-0.39, 0.29) is 17.6 Å². The molecular formula is C29H50N2O4. The number of benzene rings is 1. The van der Waals surface area contributed by atoms with Crippen LogP contribution in [0, 0.1) is 0 Å². The quantitative estimate of drug-likeness (QED) is 0.117. The molecule has 0 fully saturated rings. The fourth-order valence-electron chi connectivity index (χ4n) is 4.04. The zero-order chi connectivity index (χ0) is 25.4. The minimum atomic E-state index is -0.0981. The van der Waals surface area contributed by atoms with Crippen molar-refractivity contribution in [1.82, 2.24) is 10.9 Å². The van der Waals surface area contributed by atoms with Crippen molar-refractivity contribution in [3.05, 3.63) is 24.3 Å². The molecule has 6 nitrogen and oxygen atoms in total. The van der Waals surface area contributed by atoms with E-state index < -0.39 is 0 Å². The predicted octanol–water partition coefficient (Wildman–Crippen LogP) is 7.35. The van der Waals surface area contributed by atoms with E-state index in [2.05, 4.69) is 17.8 Å². The maximum atomic E-state index is 11.9. The molecule has 6 heteroatoms. The molecule has 0 aliphatic carbocycles. The van der Waals surface area contributed by atoms with E-state index >= 15 is 0 Å². The molecule has 0 bridgehead atoms. The lowest BCUT2D eigenvalue weighted by Gasteiger charge is -2.08. The Morgan fingerprint density at radius 2 is 1.03 bits per heavy atom. The normalized spacial score (nSPS) is 10.8. The van der Waals surface area contributed by atoms with Crippen molar-refractivity contribution in [2.75, 3.05) is 6.61 Å². The summed E-state index contributed by atoms with van der Waals surface area (Å²) in [6.07, 6.45) is 20.8. The third-order valence-corrected chi connectivity index (χ3v) is 6.25. The molecule has 2 amide bonds. The maximum absolute atomic E-state index is 11.9. The van der Waals surface area contributed by atoms with Gasteiger partial charge in [0.25, 0.3) is 0 Å². The fourth-order valence-corrected chi connectivity index (χ4v) is 4.04. The van der Waals surface area contributed by atoms with Crippen LogP contribution in [-0.2, 0) is 9.59 Å². The molecule has 0 aliphatic rings. The Morgan fingerprint density at radius 1 is 0.629 bits per heavy atom. The summed E-state index contributed by atoms with van der Waals surface area (Å²) < 4.78 is 5.65. The van der Waals surface area contributed by atoms with Gasteiger partial charge in [0, 0.05) is 12.8 Å². The lowest BCUT2D eigenvalue weighted by atomic mass is 10.1. The van der Waals surface area contributed by atoms with Crippen molar-refractivity contribution in [3.63, 3.8) is 0 Å². The second-order valence-electron chi connectivity index (χ2n) is 9.60. The second-order valence-corrected chi connectivity index (χ2v) is 9.60. The van der Waals surface area contributed by atoms with Gasteiger partial charge in [0.2, 0.25) is 11.8 Å². The fraction of sp³-hybridized carbons (Fsp3) is 0.724. The topological polar surface area (TPSA) is 87.7 Å². The van der Waals surface area contributed by atoms with E-state index in [1.807, 2.05) is 0 Å². The number of ether oxygens (including phenoxy) is 1. The number of nitrogens with one attached hydrogen (secondary N) is 2. The van der Waals surface area contributed by atoms with Crippen molar-refractivity contribution >= 4 is 11.8 Å². The van der Waals surface area contributed by atoms with Crippen molar-refractivity contribution in [2.24, 2.45) is 0 Å². The van der Waals surface area contributed by atoms with Gasteiger partial charge < -0.3 is 9.84 Å². The molecule has 0 radical (unpaired) electrons. The van der Waals surface area contributed by atoms with E-state index in [1.165, 1.54) is 64.2 Å². The number of phenols is 1. The van der Waals surface area contributed by atoms with Crippen molar-refractivity contribution in [3.8, 4) is 11.5 Å². The van der Waals surface area contributed by atoms with Crippen molar-refractivity contribution < 1.29 is 19.4 Å². The summed E-state index contributed by atoms with van der Waals surface area (Å²) in [7, 11) is 0. The van der Waals surface area contributed by atoms with Crippen LogP contribution in [0.15, 0.2) is 24.3 Å². The van der Waals surface area contributed by atoms with Gasteiger partial charge in [-0.05, 0) is 43.5 Å². The van der Waals surface area contributed by atoms with Gasteiger partial charge >= 0.3 is 0 Å². The Balaban J connectivity index is 1.81. The van der Waals surface area contributed by atoms with Gasteiger partial charge in [-0.3, -0.25) is 20.4 Å². The lowest BCUT2D eigenvalue weighted by molar-refractivity contribution is -0.129. The van der Waals surface area contributed by atoms with Crippen LogP contribution in [0.3, 0.4) is 0 Å². The molecule has 0 saturated heterocycles. The van der Waals surface area contributed by atoms with Gasteiger partial charge in [-0.25, -0.2) is 0 Å². The molecule has 0 heterocycles. The highest BCUT2D eigenvalue weighted by Gasteiger charge is 2.05. The second kappa shape index (κ2) is 22.2. The number of hydrazine groups is 1. The minimum absolute atomic E-state index is 0.0882. The summed E-state index contributed by atoms with van der Waals surface area (Å²) in [5, 5.41) is 9.25. The minimum Gasteiger partial charge on any atom is -0.508 e. The molecular weight excluding hydrogens is 440 g/mol. The van der Waals surface area contributed by atoms with E-state index in [4.69, 9.17) is 4.74 Å². The Morgan fingerprint density at radius 3 is 1.49 bits per heavy atom. The SMILES string of the molecule is CCCCCCCCCCCC(=O)NNC(=O)CCCCCCCCCCOc1ccc(O)cc1. The van der Waals surface area contributed by atoms with Crippen LogP contribution >= 0.6 is 0 Å². The monoisotopic (exact) mass is 490 g/mol. The van der Waals surface area contributed by atoms with Gasteiger partial charge in [-0.1, -0.05) is 96.8 Å². The zero-order valence-electron chi connectivity index (χ0n) is 22.1. The van der Waals surface area contributed by atoms with Gasteiger partial charge in [0.1, 0.15) is 11.5 Å². The first-order chi connectivity index (χ1) is 17.1. The smallest absolute Gasteiger partial charge is 0.238 e. The van der Waals surface area contributed by atoms with E-state index in [0.717, 1.165) is 50.7 Å². The Kier molecular flexibility index (Phi) is 19.6. The summed E-state index contributed by atoms with van der Waals surface area (Å²) in [5.74, 6) is 0.864. The molecule has 3 N–H and O–H groups in total. The summed E-state index contributed by atoms with van der Waals surface area (Å²) >= 11 is 0. The molecule has 0 atom stereocenters. The summed E-state index contributed by atoms with van der Waals surface area (Å²) in [6, 6.07) is 6.83. The number of phenolic OH excluding ortho intramolecular Hbond substituents is 1. The van der Waals surface area contributed by atoms with Gasteiger partial charge in [0.05, 0.1) is 6.61 Å². The van der Waals surface area contributed by atoms with Crippen LogP contribution in [0.4, 0.5) is 0 Å². The molecule has 0 spiro atoms. The Bertz CT molecular complexity index is 649. The highest BCUT2D eigenvalue weighted by atomic mass is 16.5. The lowest BCUT2D eigenvalue weighted by Crippen LogP contribution is -2.41. The average Bonchev–Trinajstić information content (AvgIpc) is 2.86. The molecule has 1 rings (SSSR count).